The van der Waals surface area contributed by atoms with Crippen LogP contribution >= 0.6 is 0 Å². The Morgan fingerprint density at radius 1 is 1.38 bits per heavy atom. The normalized spacial score (nSPS) is 10.4. The van der Waals surface area contributed by atoms with Crippen LogP contribution in [0.2, 0.25) is 0 Å². The fraction of sp³-hybridized carbons (Fsp3) is 0.600. The molecule has 0 aromatic carbocycles. The Hall–Kier alpha value is -0.540. The highest BCUT2D eigenvalue weighted by atomic mass is 16.3. The maximum Gasteiger partial charge on any atom is 0.117 e. The molecule has 0 atom stereocenters. The van der Waals surface area contributed by atoms with Crippen molar-refractivity contribution in [1.82, 2.24) is 4.90 Å². The van der Waals surface area contributed by atoms with Gasteiger partial charge in [-0.2, -0.15) is 0 Å². The lowest BCUT2D eigenvalue weighted by atomic mass is 10.6. The summed E-state index contributed by atoms with van der Waals surface area (Å²) in [5.74, 6) is 0. The van der Waals surface area contributed by atoms with Gasteiger partial charge >= 0.3 is 0 Å². The van der Waals surface area contributed by atoms with E-state index in [2.05, 4.69) is 0 Å². The van der Waals surface area contributed by atoms with Crippen molar-refractivity contribution in [3.05, 3.63) is 12.3 Å². The maximum atomic E-state index is 8.37. The molecule has 0 radical (unpaired) electrons. The van der Waals surface area contributed by atoms with E-state index in [4.69, 9.17) is 10.2 Å². The first kappa shape index (κ1) is 7.46. The van der Waals surface area contributed by atoms with Crippen molar-refractivity contribution >= 4 is 0 Å². The quantitative estimate of drug-likeness (QED) is 0.500. The molecule has 3 nitrogen and oxygen atoms in total. The molecule has 0 aromatic heterocycles. The number of hydrogen-bond acceptors (Lipinski definition) is 3. The largest absolute Gasteiger partial charge is 0.376 e. The van der Waals surface area contributed by atoms with Crippen molar-refractivity contribution < 1.29 is 10.2 Å². The van der Waals surface area contributed by atoms with Crippen LogP contribution in [0, 0.1) is 0 Å². The van der Waals surface area contributed by atoms with Crippen LogP contribution in [0.3, 0.4) is 0 Å². The molecule has 48 valence electrons. The minimum atomic E-state index is -0.138. The summed E-state index contributed by atoms with van der Waals surface area (Å²) in [6.07, 6.45) is 3.35. The predicted molar refractivity (Wildman–Crippen MR) is 30.8 cm³/mol. The van der Waals surface area contributed by atoms with E-state index in [-0.39, 0.29) is 13.5 Å². The van der Waals surface area contributed by atoms with Crippen molar-refractivity contribution in [2.45, 2.75) is 6.92 Å². The molecule has 0 saturated carbocycles. The summed E-state index contributed by atoms with van der Waals surface area (Å²) in [7, 11) is 0. The van der Waals surface area contributed by atoms with Crippen LogP contribution in [0.25, 0.3) is 0 Å². The molecule has 0 spiro atoms. The molecule has 0 aliphatic rings. The van der Waals surface area contributed by atoms with Gasteiger partial charge in [0.2, 0.25) is 0 Å². The second-order valence-electron chi connectivity index (χ2n) is 1.35. The van der Waals surface area contributed by atoms with Gasteiger partial charge in [-0.25, -0.2) is 0 Å². The average Bonchev–Trinajstić information content (AvgIpc) is 1.83. The van der Waals surface area contributed by atoms with E-state index >= 15 is 0 Å². The summed E-state index contributed by atoms with van der Waals surface area (Å²) in [6.45, 7) is 1.54. The standard InChI is InChI=1S/C5H11NO2/c1-2-3-6(4-7)5-8/h2-3,7-8H,4-5H2,1H3. The number of aliphatic hydroxyl groups is 2. The van der Waals surface area contributed by atoms with Gasteiger partial charge in [-0.1, -0.05) is 6.08 Å². The molecule has 0 rings (SSSR count). The fourth-order valence-electron chi connectivity index (χ4n) is 0.350. The number of nitrogens with zero attached hydrogens (tertiary/aromatic N) is 1. The Bertz CT molecular complexity index is 68.8. The molecule has 0 bridgehead atoms. The summed E-state index contributed by atoms with van der Waals surface area (Å²) in [5.41, 5.74) is 0. The second-order valence-corrected chi connectivity index (χ2v) is 1.35. The van der Waals surface area contributed by atoms with Crippen LogP contribution in [0.5, 0.6) is 0 Å². The van der Waals surface area contributed by atoms with Crippen LogP contribution in [0.4, 0.5) is 0 Å². The number of hydrogen-bond donors (Lipinski definition) is 2. The molecule has 0 amide bonds. The van der Waals surface area contributed by atoms with Gasteiger partial charge < -0.3 is 15.1 Å². The predicted octanol–water partition coefficient (Wildman–Crippen LogP) is -0.278. The fourth-order valence-corrected chi connectivity index (χ4v) is 0.350. The molecular formula is C5H11NO2. The number of allylic oxidation sites excluding steroid dienone is 1. The molecule has 0 heterocycles. The van der Waals surface area contributed by atoms with Crippen molar-refractivity contribution in [3.8, 4) is 0 Å². The summed E-state index contributed by atoms with van der Waals surface area (Å²) in [4.78, 5) is 1.36. The van der Waals surface area contributed by atoms with Crippen LogP contribution in [0.1, 0.15) is 6.92 Å². The molecule has 0 unspecified atom stereocenters. The molecule has 0 aliphatic heterocycles. The maximum absolute atomic E-state index is 8.37. The topological polar surface area (TPSA) is 43.7 Å². The van der Waals surface area contributed by atoms with Crippen LogP contribution in [-0.2, 0) is 0 Å². The highest BCUT2D eigenvalue weighted by molar-refractivity contribution is 4.74. The SMILES string of the molecule is CC=CN(CO)CO. The Morgan fingerprint density at radius 2 is 1.88 bits per heavy atom. The summed E-state index contributed by atoms with van der Waals surface area (Å²) in [5, 5.41) is 16.7. The molecule has 0 aliphatic carbocycles. The van der Waals surface area contributed by atoms with Gasteiger partial charge in [0, 0.05) is 0 Å². The molecular weight excluding hydrogens is 106 g/mol. The molecule has 0 aromatic rings. The molecule has 8 heavy (non-hydrogen) atoms. The third kappa shape index (κ3) is 2.60. The Kier molecular flexibility index (Phi) is 4.30. The van der Waals surface area contributed by atoms with Gasteiger partial charge in [-0.3, -0.25) is 0 Å². The van der Waals surface area contributed by atoms with Gasteiger partial charge in [0.25, 0.3) is 0 Å². The Labute approximate surface area is 48.9 Å². The van der Waals surface area contributed by atoms with Crippen molar-refractivity contribution in [2.75, 3.05) is 13.5 Å². The zero-order valence-corrected chi connectivity index (χ0v) is 4.91. The number of aliphatic hydroxyl groups excluding tert-OH is 2. The summed E-state index contributed by atoms with van der Waals surface area (Å²) in [6, 6.07) is 0. The monoisotopic (exact) mass is 117 g/mol. The molecule has 2 N–H and O–H groups in total. The van der Waals surface area contributed by atoms with E-state index in [0.29, 0.717) is 0 Å². The van der Waals surface area contributed by atoms with Gasteiger partial charge in [0.05, 0.1) is 0 Å². The van der Waals surface area contributed by atoms with Crippen LogP contribution in [-0.4, -0.2) is 28.6 Å². The Morgan fingerprint density at radius 3 is 2.00 bits per heavy atom. The average molecular weight is 117 g/mol. The third-order valence-corrected chi connectivity index (χ3v) is 0.723. The van der Waals surface area contributed by atoms with Gasteiger partial charge in [0.1, 0.15) is 13.5 Å². The van der Waals surface area contributed by atoms with E-state index in [1.54, 1.807) is 12.3 Å². The Balaban J connectivity index is 3.36. The van der Waals surface area contributed by atoms with Gasteiger partial charge in [-0.15, -0.1) is 0 Å². The minimum Gasteiger partial charge on any atom is -0.376 e. The van der Waals surface area contributed by atoms with Crippen molar-refractivity contribution in [1.29, 1.82) is 0 Å². The first-order valence-corrected chi connectivity index (χ1v) is 2.43. The van der Waals surface area contributed by atoms with E-state index in [1.807, 2.05) is 6.92 Å². The van der Waals surface area contributed by atoms with Crippen molar-refractivity contribution in [3.63, 3.8) is 0 Å². The van der Waals surface area contributed by atoms with E-state index in [1.165, 1.54) is 4.90 Å². The van der Waals surface area contributed by atoms with Crippen LogP contribution < -0.4 is 0 Å². The highest BCUT2D eigenvalue weighted by Gasteiger charge is 1.87. The highest BCUT2D eigenvalue weighted by Crippen LogP contribution is 1.82. The van der Waals surface area contributed by atoms with Crippen molar-refractivity contribution in [2.24, 2.45) is 0 Å². The second kappa shape index (κ2) is 4.61. The minimum absolute atomic E-state index is 0.138. The lowest BCUT2D eigenvalue weighted by molar-refractivity contribution is 0.0684. The summed E-state index contributed by atoms with van der Waals surface area (Å²) < 4.78 is 0. The van der Waals surface area contributed by atoms with E-state index in [0.717, 1.165) is 0 Å². The summed E-state index contributed by atoms with van der Waals surface area (Å²) >= 11 is 0. The lowest BCUT2D eigenvalue weighted by Gasteiger charge is -2.11. The van der Waals surface area contributed by atoms with Gasteiger partial charge in [-0.05, 0) is 13.1 Å². The van der Waals surface area contributed by atoms with E-state index < -0.39 is 0 Å². The molecule has 3 heteroatoms. The molecule has 0 fully saturated rings. The zero-order chi connectivity index (χ0) is 6.41. The number of rotatable bonds is 3. The first-order valence-electron chi connectivity index (χ1n) is 2.43. The van der Waals surface area contributed by atoms with Gasteiger partial charge in [0.15, 0.2) is 0 Å². The van der Waals surface area contributed by atoms with Crippen LogP contribution in [0.15, 0.2) is 12.3 Å². The third-order valence-electron chi connectivity index (χ3n) is 0.723. The zero-order valence-electron chi connectivity index (χ0n) is 4.91. The smallest absolute Gasteiger partial charge is 0.117 e. The lowest BCUT2D eigenvalue weighted by Crippen LogP contribution is -2.18. The van der Waals surface area contributed by atoms with E-state index in [9.17, 15) is 0 Å². The first-order chi connectivity index (χ1) is 3.85. The molecule has 0 saturated heterocycles.